The predicted molar refractivity (Wildman–Crippen MR) is 137 cm³/mol. The molecule has 4 aromatic rings. The van der Waals surface area contributed by atoms with Gasteiger partial charge in [-0.05, 0) is 28.0 Å². The molecule has 1 fully saturated rings. The number of nitrogens with zero attached hydrogens (tertiary/aromatic N) is 3. The smallest absolute Gasteiger partial charge is 0.185 e. The van der Waals surface area contributed by atoms with Crippen LogP contribution in [-0.2, 0) is 0 Å². The van der Waals surface area contributed by atoms with E-state index in [4.69, 9.17) is 0 Å². The molecule has 2 aliphatic rings. The molecule has 1 saturated heterocycles. The number of hydrogen-bond acceptors (Lipinski definition) is 4. The van der Waals surface area contributed by atoms with Crippen LogP contribution in [0.1, 0.15) is 27.4 Å². The van der Waals surface area contributed by atoms with Gasteiger partial charge >= 0.3 is 0 Å². The van der Waals surface area contributed by atoms with Crippen molar-refractivity contribution in [2.75, 3.05) is 4.90 Å². The fourth-order valence-electron chi connectivity index (χ4n) is 5.87. The van der Waals surface area contributed by atoms with Crippen LogP contribution in [0.3, 0.4) is 0 Å². The number of Topliss-reactive ketones (excluding diaryl/α,β-unsaturated/α-hetero) is 1. The third-order valence-electron chi connectivity index (χ3n) is 7.40. The van der Waals surface area contributed by atoms with Gasteiger partial charge in [0.25, 0.3) is 0 Å². The normalized spacial score (nSPS) is 21.5. The van der Waals surface area contributed by atoms with Crippen LogP contribution in [0, 0.1) is 28.1 Å². The van der Waals surface area contributed by atoms with Crippen LogP contribution < -0.4 is 4.90 Å². The molecule has 0 aromatic heterocycles. The van der Waals surface area contributed by atoms with Gasteiger partial charge in [-0.1, -0.05) is 103 Å². The second-order valence-electron chi connectivity index (χ2n) is 9.08. The van der Waals surface area contributed by atoms with Crippen molar-refractivity contribution in [2.24, 2.45) is 5.41 Å². The van der Waals surface area contributed by atoms with Crippen LogP contribution in [-0.4, -0.2) is 17.9 Å². The topological polar surface area (TPSA) is 67.9 Å². The quantitative estimate of drug-likeness (QED) is 0.352. The Morgan fingerprint density at radius 2 is 1.49 bits per heavy atom. The Morgan fingerprint density at radius 1 is 0.800 bits per heavy atom. The van der Waals surface area contributed by atoms with E-state index >= 15 is 0 Å². The van der Waals surface area contributed by atoms with E-state index in [1.807, 2.05) is 114 Å². The van der Waals surface area contributed by atoms with Gasteiger partial charge in [0.05, 0.1) is 18.2 Å². The molecule has 0 bridgehead atoms. The first-order valence-corrected chi connectivity index (χ1v) is 11.6. The van der Waals surface area contributed by atoms with Gasteiger partial charge in [0, 0.05) is 17.2 Å². The molecule has 4 heteroatoms. The Kier molecular flexibility index (Phi) is 4.76. The van der Waals surface area contributed by atoms with Crippen molar-refractivity contribution in [3.05, 3.63) is 120 Å². The number of benzene rings is 4. The highest BCUT2D eigenvalue weighted by Gasteiger charge is 2.63. The van der Waals surface area contributed by atoms with E-state index in [9.17, 15) is 15.3 Å². The fourth-order valence-corrected chi connectivity index (χ4v) is 5.87. The van der Waals surface area contributed by atoms with E-state index in [-0.39, 0.29) is 5.78 Å². The summed E-state index contributed by atoms with van der Waals surface area (Å²) in [6, 6.07) is 34.5. The van der Waals surface area contributed by atoms with E-state index in [2.05, 4.69) is 12.1 Å². The third-order valence-corrected chi connectivity index (χ3v) is 7.40. The van der Waals surface area contributed by atoms with Crippen molar-refractivity contribution < 1.29 is 4.79 Å². The largest absolute Gasteiger partial charge is 0.351 e. The van der Waals surface area contributed by atoms with Gasteiger partial charge < -0.3 is 4.90 Å². The minimum atomic E-state index is -1.46. The first-order chi connectivity index (χ1) is 17.2. The molecule has 4 nitrogen and oxygen atoms in total. The summed E-state index contributed by atoms with van der Waals surface area (Å²) in [7, 11) is 0. The molecule has 0 spiro atoms. The maximum atomic E-state index is 14.3. The Labute approximate surface area is 204 Å². The number of fused-ring (bicyclic) bond motifs is 4. The number of hydrogen-bond donors (Lipinski definition) is 0. The summed E-state index contributed by atoms with van der Waals surface area (Å²) < 4.78 is 0. The monoisotopic (exact) mass is 451 g/mol. The van der Waals surface area contributed by atoms with Crippen molar-refractivity contribution in [1.29, 1.82) is 10.5 Å². The summed E-state index contributed by atoms with van der Waals surface area (Å²) in [5.74, 6) is -0.747. The molecule has 35 heavy (non-hydrogen) atoms. The summed E-state index contributed by atoms with van der Waals surface area (Å²) in [5, 5.41) is 23.2. The molecule has 0 saturated carbocycles. The summed E-state index contributed by atoms with van der Waals surface area (Å²) in [4.78, 5) is 16.3. The number of carbonyl (C=O) groups excluding carboxylic acids is 1. The maximum absolute atomic E-state index is 14.3. The van der Waals surface area contributed by atoms with Gasteiger partial charge in [0.2, 0.25) is 0 Å². The zero-order chi connectivity index (χ0) is 24.0. The highest BCUT2D eigenvalue weighted by atomic mass is 16.1. The standard InChI is InChI=1S/C31H21N3O/c32-19-31(20-33)27-18-17-22-10-5-7-16-26(22)34(27)29(30(35)23-11-2-1-3-12-23)28(31)25-15-8-13-21-9-4-6-14-24(21)25/h1-18,27-29H/t27-,28+,29-/m1/s1. The van der Waals surface area contributed by atoms with Crippen molar-refractivity contribution in [1.82, 2.24) is 0 Å². The molecule has 0 N–H and O–H groups in total. The highest BCUT2D eigenvalue weighted by molar-refractivity contribution is 6.05. The number of para-hydroxylation sites is 1. The van der Waals surface area contributed by atoms with Crippen molar-refractivity contribution >= 4 is 28.3 Å². The van der Waals surface area contributed by atoms with E-state index in [0.29, 0.717) is 5.56 Å². The van der Waals surface area contributed by atoms with Gasteiger partial charge in [0.1, 0.15) is 6.04 Å². The summed E-state index contributed by atoms with van der Waals surface area (Å²) in [6.45, 7) is 0. The fraction of sp³-hybridized carbons (Fsp3) is 0.129. The second kappa shape index (κ2) is 7.97. The van der Waals surface area contributed by atoms with E-state index < -0.39 is 23.4 Å². The van der Waals surface area contributed by atoms with Crippen LogP contribution in [0.25, 0.3) is 16.8 Å². The lowest BCUT2D eigenvalue weighted by molar-refractivity contribution is 0.0951. The molecule has 2 aliphatic heterocycles. The predicted octanol–water partition coefficient (Wildman–Crippen LogP) is 6.12. The molecule has 166 valence electrons. The number of carbonyl (C=O) groups is 1. The molecule has 6 rings (SSSR count). The van der Waals surface area contributed by atoms with Gasteiger partial charge in [-0.2, -0.15) is 10.5 Å². The zero-order valence-corrected chi connectivity index (χ0v) is 18.9. The number of anilines is 1. The van der Waals surface area contributed by atoms with Gasteiger partial charge in [-0.3, -0.25) is 4.79 Å². The van der Waals surface area contributed by atoms with Crippen molar-refractivity contribution in [3.8, 4) is 12.1 Å². The van der Waals surface area contributed by atoms with Crippen LogP contribution >= 0.6 is 0 Å². The Balaban J connectivity index is 1.68. The summed E-state index contributed by atoms with van der Waals surface area (Å²) in [6.07, 6.45) is 3.89. The highest BCUT2D eigenvalue weighted by Crippen LogP contribution is 2.56. The van der Waals surface area contributed by atoms with Gasteiger partial charge in [-0.25, -0.2) is 0 Å². The second-order valence-corrected chi connectivity index (χ2v) is 9.08. The van der Waals surface area contributed by atoms with E-state index in [1.165, 1.54) is 0 Å². The van der Waals surface area contributed by atoms with Crippen LogP contribution in [0.2, 0.25) is 0 Å². The zero-order valence-electron chi connectivity index (χ0n) is 18.9. The first-order valence-electron chi connectivity index (χ1n) is 11.6. The average molecular weight is 452 g/mol. The van der Waals surface area contributed by atoms with Gasteiger partial charge in [-0.15, -0.1) is 0 Å². The molecular weight excluding hydrogens is 430 g/mol. The lowest BCUT2D eigenvalue weighted by atomic mass is 9.68. The van der Waals surface area contributed by atoms with Crippen molar-refractivity contribution in [2.45, 2.75) is 18.0 Å². The Morgan fingerprint density at radius 3 is 2.29 bits per heavy atom. The Bertz CT molecular complexity index is 1560. The SMILES string of the molecule is N#CC1(C#N)[C@@H](c2cccc3ccccc23)[C@H](C(=O)c2ccccc2)N2c3ccccc3C=C[C@@H]21. The lowest BCUT2D eigenvalue weighted by Gasteiger charge is -2.35. The number of ketones is 1. The van der Waals surface area contributed by atoms with Gasteiger partial charge in [0.15, 0.2) is 11.2 Å². The summed E-state index contributed by atoms with van der Waals surface area (Å²) >= 11 is 0. The maximum Gasteiger partial charge on any atom is 0.185 e. The van der Waals surface area contributed by atoms with Crippen LogP contribution in [0.5, 0.6) is 0 Å². The van der Waals surface area contributed by atoms with E-state index in [0.717, 1.165) is 27.6 Å². The van der Waals surface area contributed by atoms with E-state index in [1.54, 1.807) is 0 Å². The van der Waals surface area contributed by atoms with Crippen LogP contribution in [0.4, 0.5) is 5.69 Å². The number of nitriles is 2. The third kappa shape index (κ3) is 2.94. The molecule has 0 unspecified atom stereocenters. The first kappa shape index (κ1) is 20.9. The minimum Gasteiger partial charge on any atom is -0.351 e. The molecule has 0 aliphatic carbocycles. The van der Waals surface area contributed by atoms with Crippen LogP contribution in [0.15, 0.2) is 103 Å². The molecule has 4 aromatic carbocycles. The van der Waals surface area contributed by atoms with Crippen molar-refractivity contribution in [3.63, 3.8) is 0 Å². The molecule has 0 radical (unpaired) electrons. The molecule has 3 atom stereocenters. The Hall–Kier alpha value is -4.67. The minimum absolute atomic E-state index is 0.0917. The molecular formula is C31H21N3O. The lowest BCUT2D eigenvalue weighted by Crippen LogP contribution is -2.44. The molecule has 0 amide bonds. The average Bonchev–Trinajstić information content (AvgIpc) is 3.23. The number of rotatable bonds is 3. The molecule has 2 heterocycles. The summed E-state index contributed by atoms with van der Waals surface area (Å²) in [5.41, 5.74) is 1.80.